The lowest BCUT2D eigenvalue weighted by molar-refractivity contribution is 0.173. The normalized spacial score (nSPS) is 12.6. The Kier molecular flexibility index (Phi) is 3.59. The van der Waals surface area contributed by atoms with Gasteiger partial charge in [0.2, 0.25) is 0 Å². The molecule has 0 aliphatic carbocycles. The van der Waals surface area contributed by atoms with Crippen LogP contribution in [-0.2, 0) is 6.54 Å². The molecule has 1 N–H and O–H groups in total. The average molecular weight is 230 g/mol. The maximum atomic E-state index is 9.72. The summed E-state index contributed by atoms with van der Waals surface area (Å²) in [6.07, 6.45) is 4.35. The lowest BCUT2D eigenvalue weighted by atomic mass is 10.1. The summed E-state index contributed by atoms with van der Waals surface area (Å²) in [4.78, 5) is 4.46. The highest BCUT2D eigenvalue weighted by molar-refractivity contribution is 5.16. The summed E-state index contributed by atoms with van der Waals surface area (Å²) >= 11 is 0. The number of aliphatic hydroxyl groups excluding tert-OH is 1. The van der Waals surface area contributed by atoms with E-state index in [1.807, 2.05) is 50.5 Å². The van der Waals surface area contributed by atoms with E-state index >= 15 is 0 Å². The fourth-order valence-corrected chi connectivity index (χ4v) is 1.87. The van der Waals surface area contributed by atoms with Crippen LogP contribution in [0.25, 0.3) is 0 Å². The van der Waals surface area contributed by atoms with Crippen molar-refractivity contribution in [1.29, 1.82) is 0 Å². The first-order valence-electron chi connectivity index (χ1n) is 5.95. The molecule has 0 amide bonds. The van der Waals surface area contributed by atoms with Gasteiger partial charge in [0, 0.05) is 18.1 Å². The van der Waals surface area contributed by atoms with Crippen molar-refractivity contribution in [3.05, 3.63) is 53.6 Å². The number of aryl methyl sites for hydroxylation is 1. The second kappa shape index (κ2) is 5.15. The molecule has 0 fully saturated rings. The molecule has 2 heterocycles. The molecule has 3 nitrogen and oxygen atoms in total. The van der Waals surface area contributed by atoms with Gasteiger partial charge in [-0.2, -0.15) is 0 Å². The number of aromatic nitrogens is 2. The second-order valence-corrected chi connectivity index (χ2v) is 4.31. The molecule has 0 aliphatic heterocycles. The van der Waals surface area contributed by atoms with Crippen molar-refractivity contribution in [1.82, 2.24) is 9.55 Å². The molecule has 2 rings (SSSR count). The van der Waals surface area contributed by atoms with E-state index in [9.17, 15) is 5.11 Å². The molecule has 0 radical (unpaired) electrons. The quantitative estimate of drug-likeness (QED) is 0.877. The van der Waals surface area contributed by atoms with Gasteiger partial charge in [0.1, 0.15) is 0 Å². The minimum atomic E-state index is -0.360. The topological polar surface area (TPSA) is 38.0 Å². The fraction of sp³-hybridized carbons (Fsp3) is 0.357. The Bertz CT molecular complexity index is 490. The van der Waals surface area contributed by atoms with E-state index in [-0.39, 0.29) is 6.10 Å². The van der Waals surface area contributed by atoms with Gasteiger partial charge in [-0.05, 0) is 37.1 Å². The van der Waals surface area contributed by atoms with Crippen molar-refractivity contribution in [3.63, 3.8) is 0 Å². The molecule has 2 aromatic rings. The zero-order valence-corrected chi connectivity index (χ0v) is 10.3. The minimum Gasteiger partial charge on any atom is -0.388 e. The number of nitrogens with zero attached hydrogens (tertiary/aromatic N) is 2. The molecule has 0 spiro atoms. The lowest BCUT2D eigenvalue weighted by Gasteiger charge is -2.05. The summed E-state index contributed by atoms with van der Waals surface area (Å²) < 4.78 is 2.05. The minimum absolute atomic E-state index is 0.360. The van der Waals surface area contributed by atoms with Gasteiger partial charge in [-0.1, -0.05) is 13.0 Å². The van der Waals surface area contributed by atoms with Gasteiger partial charge in [0.05, 0.1) is 18.3 Å². The molecule has 1 unspecified atom stereocenters. The molecule has 0 saturated heterocycles. The van der Waals surface area contributed by atoms with E-state index in [1.165, 1.54) is 0 Å². The van der Waals surface area contributed by atoms with Gasteiger partial charge in [-0.25, -0.2) is 0 Å². The van der Waals surface area contributed by atoms with Crippen molar-refractivity contribution in [2.24, 2.45) is 0 Å². The molecular formula is C14H18N2O. The number of rotatable bonds is 4. The molecule has 0 aliphatic rings. The van der Waals surface area contributed by atoms with E-state index in [0.717, 1.165) is 29.9 Å². The summed E-state index contributed by atoms with van der Waals surface area (Å²) in [5, 5.41) is 9.72. The standard InChI is InChI=1S/C14H18N2O/c1-3-14(17)12-7-8-16(9-12)10-13-6-4-5-11(2)15-13/h4-9,14,17H,3,10H2,1-2H3. The molecule has 0 aromatic carbocycles. The van der Waals surface area contributed by atoms with Gasteiger partial charge < -0.3 is 9.67 Å². The summed E-state index contributed by atoms with van der Waals surface area (Å²) in [6.45, 7) is 4.72. The van der Waals surface area contributed by atoms with Crippen LogP contribution in [0.5, 0.6) is 0 Å². The predicted molar refractivity (Wildman–Crippen MR) is 67.8 cm³/mol. The molecule has 0 bridgehead atoms. The molecule has 90 valence electrons. The lowest BCUT2D eigenvalue weighted by Crippen LogP contribution is -2.00. The van der Waals surface area contributed by atoms with E-state index in [4.69, 9.17) is 0 Å². The third-order valence-electron chi connectivity index (χ3n) is 2.84. The van der Waals surface area contributed by atoms with Crippen LogP contribution >= 0.6 is 0 Å². The maximum absolute atomic E-state index is 9.72. The van der Waals surface area contributed by atoms with E-state index in [2.05, 4.69) is 9.55 Å². The maximum Gasteiger partial charge on any atom is 0.0802 e. The van der Waals surface area contributed by atoms with Crippen LogP contribution in [0.15, 0.2) is 36.7 Å². The molecule has 3 heteroatoms. The van der Waals surface area contributed by atoms with Gasteiger partial charge in [-0.3, -0.25) is 4.98 Å². The fourth-order valence-electron chi connectivity index (χ4n) is 1.87. The zero-order valence-electron chi connectivity index (χ0n) is 10.3. The first-order valence-corrected chi connectivity index (χ1v) is 5.95. The third kappa shape index (κ3) is 2.94. The summed E-state index contributed by atoms with van der Waals surface area (Å²) in [7, 11) is 0. The van der Waals surface area contributed by atoms with Gasteiger partial charge in [-0.15, -0.1) is 0 Å². The van der Waals surface area contributed by atoms with Crippen LogP contribution in [0.4, 0.5) is 0 Å². The number of hydrogen-bond donors (Lipinski definition) is 1. The Morgan fingerprint density at radius 3 is 2.88 bits per heavy atom. The number of pyridine rings is 1. The van der Waals surface area contributed by atoms with Crippen LogP contribution in [0.1, 0.15) is 36.4 Å². The first kappa shape index (κ1) is 11.9. The molecule has 0 saturated carbocycles. The predicted octanol–water partition coefficient (Wildman–Crippen LogP) is 2.68. The van der Waals surface area contributed by atoms with E-state index < -0.39 is 0 Å². The molecule has 17 heavy (non-hydrogen) atoms. The van der Waals surface area contributed by atoms with Crippen LogP contribution in [0.3, 0.4) is 0 Å². The van der Waals surface area contributed by atoms with Gasteiger partial charge in [0.25, 0.3) is 0 Å². The van der Waals surface area contributed by atoms with E-state index in [0.29, 0.717) is 0 Å². The van der Waals surface area contributed by atoms with Crippen molar-refractivity contribution >= 4 is 0 Å². The Morgan fingerprint density at radius 1 is 1.35 bits per heavy atom. The van der Waals surface area contributed by atoms with Crippen LogP contribution in [0, 0.1) is 6.92 Å². The third-order valence-corrected chi connectivity index (χ3v) is 2.84. The monoisotopic (exact) mass is 230 g/mol. The van der Waals surface area contributed by atoms with Crippen molar-refractivity contribution in [3.8, 4) is 0 Å². The SMILES string of the molecule is CCC(O)c1ccn(Cc2cccc(C)n2)c1. The van der Waals surface area contributed by atoms with Crippen LogP contribution in [0.2, 0.25) is 0 Å². The van der Waals surface area contributed by atoms with Crippen molar-refractivity contribution in [2.75, 3.05) is 0 Å². The number of hydrogen-bond acceptors (Lipinski definition) is 2. The van der Waals surface area contributed by atoms with Crippen molar-refractivity contribution < 1.29 is 5.11 Å². The summed E-state index contributed by atoms with van der Waals surface area (Å²) in [6, 6.07) is 7.99. The van der Waals surface area contributed by atoms with Crippen LogP contribution < -0.4 is 0 Å². The average Bonchev–Trinajstić information content (AvgIpc) is 2.76. The Morgan fingerprint density at radius 2 is 2.18 bits per heavy atom. The Labute approximate surface area is 102 Å². The molecule has 2 aromatic heterocycles. The first-order chi connectivity index (χ1) is 8.19. The summed E-state index contributed by atoms with van der Waals surface area (Å²) in [5.74, 6) is 0. The van der Waals surface area contributed by atoms with Crippen molar-refractivity contribution in [2.45, 2.75) is 32.9 Å². The van der Waals surface area contributed by atoms with E-state index in [1.54, 1.807) is 0 Å². The Hall–Kier alpha value is -1.61. The van der Waals surface area contributed by atoms with Crippen LogP contribution in [-0.4, -0.2) is 14.7 Å². The van der Waals surface area contributed by atoms with Gasteiger partial charge >= 0.3 is 0 Å². The van der Waals surface area contributed by atoms with Gasteiger partial charge in [0.15, 0.2) is 0 Å². The largest absolute Gasteiger partial charge is 0.388 e. The number of aliphatic hydroxyl groups is 1. The Balaban J connectivity index is 2.11. The molecule has 1 atom stereocenters. The highest BCUT2D eigenvalue weighted by Crippen LogP contribution is 2.16. The second-order valence-electron chi connectivity index (χ2n) is 4.31. The molecular weight excluding hydrogens is 212 g/mol. The highest BCUT2D eigenvalue weighted by atomic mass is 16.3. The zero-order chi connectivity index (χ0) is 12.3. The smallest absolute Gasteiger partial charge is 0.0802 e. The highest BCUT2D eigenvalue weighted by Gasteiger charge is 2.06. The summed E-state index contributed by atoms with van der Waals surface area (Å²) in [5.41, 5.74) is 3.04.